The number of nitrogens with one attached hydrogen (secondary N) is 1. The smallest absolute Gasteiger partial charge is 0.124 e. The summed E-state index contributed by atoms with van der Waals surface area (Å²) in [5, 5.41) is 7.90. The minimum Gasteiger partial charge on any atom is -0.368 e. The molecule has 0 saturated heterocycles. The van der Waals surface area contributed by atoms with E-state index in [4.69, 9.17) is 0 Å². The minimum atomic E-state index is 0.599. The van der Waals surface area contributed by atoms with Gasteiger partial charge < -0.3 is 5.32 Å². The van der Waals surface area contributed by atoms with Gasteiger partial charge in [0.15, 0.2) is 0 Å². The van der Waals surface area contributed by atoms with Gasteiger partial charge in [0.25, 0.3) is 0 Å². The zero-order chi connectivity index (χ0) is 10.7. The number of aromatic nitrogens is 2. The van der Waals surface area contributed by atoms with Gasteiger partial charge in [-0.15, -0.1) is 0 Å². The zero-order valence-electron chi connectivity index (χ0n) is 9.74. The van der Waals surface area contributed by atoms with Crippen LogP contribution in [-0.4, -0.2) is 15.8 Å². The molecule has 84 valence electrons. The summed E-state index contributed by atoms with van der Waals surface area (Å²) < 4.78 is 2.09. The highest BCUT2D eigenvalue weighted by Gasteiger charge is 2.28. The summed E-state index contributed by atoms with van der Waals surface area (Å²) in [6.07, 6.45) is 7.08. The summed E-state index contributed by atoms with van der Waals surface area (Å²) in [6.45, 7) is 5.52. The Hall–Kier alpha value is -0.990. The molecular weight excluding hydrogens is 186 g/mol. The second-order valence-electron chi connectivity index (χ2n) is 4.56. The molecule has 1 aromatic heterocycles. The Balaban J connectivity index is 1.91. The highest BCUT2D eigenvalue weighted by Crippen LogP contribution is 2.33. The fourth-order valence-corrected chi connectivity index (χ4v) is 1.89. The number of rotatable bonds is 6. The van der Waals surface area contributed by atoms with Gasteiger partial charge in [0.05, 0.1) is 6.20 Å². The zero-order valence-corrected chi connectivity index (χ0v) is 9.74. The Morgan fingerprint density at radius 3 is 3.07 bits per heavy atom. The van der Waals surface area contributed by atoms with Crippen molar-refractivity contribution in [1.82, 2.24) is 9.78 Å². The summed E-state index contributed by atoms with van der Waals surface area (Å²) in [5.74, 6) is 2.07. The van der Waals surface area contributed by atoms with Gasteiger partial charge >= 0.3 is 0 Å². The molecule has 0 radical (unpaired) electrons. The van der Waals surface area contributed by atoms with Crippen molar-refractivity contribution < 1.29 is 0 Å². The van der Waals surface area contributed by atoms with Crippen molar-refractivity contribution in [2.24, 2.45) is 5.92 Å². The van der Waals surface area contributed by atoms with E-state index >= 15 is 0 Å². The maximum Gasteiger partial charge on any atom is 0.124 e. The van der Waals surface area contributed by atoms with Crippen molar-refractivity contribution in [2.45, 2.75) is 52.1 Å². The molecule has 3 heteroatoms. The number of anilines is 1. The maximum atomic E-state index is 4.34. The van der Waals surface area contributed by atoms with Crippen LogP contribution in [-0.2, 0) is 6.54 Å². The van der Waals surface area contributed by atoms with Crippen molar-refractivity contribution in [3.05, 3.63) is 12.3 Å². The summed E-state index contributed by atoms with van der Waals surface area (Å²) in [4.78, 5) is 0. The minimum absolute atomic E-state index is 0.599. The molecule has 1 N–H and O–H groups in total. The van der Waals surface area contributed by atoms with Crippen LogP contribution < -0.4 is 5.32 Å². The number of hydrogen-bond acceptors (Lipinski definition) is 2. The van der Waals surface area contributed by atoms with Crippen molar-refractivity contribution >= 4 is 5.82 Å². The normalized spacial score (nSPS) is 17.7. The highest BCUT2D eigenvalue weighted by molar-refractivity contribution is 5.35. The van der Waals surface area contributed by atoms with Crippen LogP contribution in [0.4, 0.5) is 5.82 Å². The molecule has 1 saturated carbocycles. The van der Waals surface area contributed by atoms with Crippen LogP contribution in [0.15, 0.2) is 12.3 Å². The largest absolute Gasteiger partial charge is 0.368 e. The van der Waals surface area contributed by atoms with Gasteiger partial charge in [-0.25, -0.2) is 4.68 Å². The Labute approximate surface area is 91.9 Å². The van der Waals surface area contributed by atoms with E-state index in [2.05, 4.69) is 35.0 Å². The predicted octanol–water partition coefficient (Wildman–Crippen LogP) is 2.89. The second kappa shape index (κ2) is 4.69. The van der Waals surface area contributed by atoms with E-state index < -0.39 is 0 Å². The fourth-order valence-electron chi connectivity index (χ4n) is 1.89. The Kier molecular flexibility index (Phi) is 3.29. The SMILES string of the molecule is CCCCn1nccc1NC(C)C1CC1. The van der Waals surface area contributed by atoms with Crippen LogP contribution in [0.3, 0.4) is 0 Å². The van der Waals surface area contributed by atoms with E-state index in [1.807, 2.05) is 6.20 Å². The van der Waals surface area contributed by atoms with Crippen LogP contribution in [0.5, 0.6) is 0 Å². The third kappa shape index (κ3) is 2.74. The summed E-state index contributed by atoms with van der Waals surface area (Å²) in [5.41, 5.74) is 0. The summed E-state index contributed by atoms with van der Waals surface area (Å²) >= 11 is 0. The maximum absolute atomic E-state index is 4.34. The third-order valence-corrected chi connectivity index (χ3v) is 3.14. The van der Waals surface area contributed by atoms with Gasteiger partial charge in [-0.3, -0.25) is 0 Å². The number of unbranched alkanes of at least 4 members (excludes halogenated alkanes) is 1. The molecule has 0 bridgehead atoms. The van der Waals surface area contributed by atoms with Crippen molar-refractivity contribution in [3.8, 4) is 0 Å². The first-order chi connectivity index (χ1) is 7.31. The van der Waals surface area contributed by atoms with Crippen molar-refractivity contribution in [3.63, 3.8) is 0 Å². The molecular formula is C12H21N3. The Morgan fingerprint density at radius 2 is 2.40 bits per heavy atom. The van der Waals surface area contributed by atoms with Crippen LogP contribution in [0.2, 0.25) is 0 Å². The van der Waals surface area contributed by atoms with E-state index in [1.54, 1.807) is 0 Å². The molecule has 0 aromatic carbocycles. The van der Waals surface area contributed by atoms with Crippen molar-refractivity contribution in [1.29, 1.82) is 0 Å². The van der Waals surface area contributed by atoms with E-state index in [9.17, 15) is 0 Å². The molecule has 0 spiro atoms. The second-order valence-corrected chi connectivity index (χ2v) is 4.56. The average Bonchev–Trinajstić information content (AvgIpc) is 2.99. The number of nitrogens with zero attached hydrogens (tertiary/aromatic N) is 2. The predicted molar refractivity (Wildman–Crippen MR) is 62.9 cm³/mol. The lowest BCUT2D eigenvalue weighted by Crippen LogP contribution is -2.20. The van der Waals surface area contributed by atoms with Gasteiger partial charge in [-0.2, -0.15) is 5.10 Å². The molecule has 1 heterocycles. The molecule has 1 fully saturated rings. The molecule has 0 amide bonds. The van der Waals surface area contributed by atoms with Gasteiger partial charge in [-0.1, -0.05) is 13.3 Å². The van der Waals surface area contributed by atoms with E-state index in [0.717, 1.165) is 12.5 Å². The van der Waals surface area contributed by atoms with Crippen LogP contribution in [0, 0.1) is 5.92 Å². The average molecular weight is 207 g/mol. The molecule has 1 aliphatic rings. The number of aryl methyl sites for hydroxylation is 1. The highest BCUT2D eigenvalue weighted by atomic mass is 15.3. The molecule has 1 atom stereocenters. The monoisotopic (exact) mass is 207 g/mol. The van der Waals surface area contributed by atoms with E-state index in [1.165, 1.54) is 31.5 Å². The molecule has 1 aliphatic carbocycles. The Morgan fingerprint density at radius 1 is 1.60 bits per heavy atom. The topological polar surface area (TPSA) is 29.9 Å². The van der Waals surface area contributed by atoms with Crippen LogP contribution >= 0.6 is 0 Å². The first-order valence-corrected chi connectivity index (χ1v) is 6.09. The standard InChI is InChI=1S/C12H21N3/c1-3-4-9-15-12(7-8-13-15)14-10(2)11-5-6-11/h7-8,10-11,14H,3-6,9H2,1-2H3. The Bertz CT molecular complexity index is 302. The lowest BCUT2D eigenvalue weighted by molar-refractivity contribution is 0.568. The van der Waals surface area contributed by atoms with E-state index in [-0.39, 0.29) is 0 Å². The molecule has 3 nitrogen and oxygen atoms in total. The number of hydrogen-bond donors (Lipinski definition) is 1. The molecule has 15 heavy (non-hydrogen) atoms. The van der Waals surface area contributed by atoms with Gasteiger partial charge in [-0.05, 0) is 32.1 Å². The van der Waals surface area contributed by atoms with Crippen LogP contribution in [0.25, 0.3) is 0 Å². The van der Waals surface area contributed by atoms with Gasteiger partial charge in [0.1, 0.15) is 5.82 Å². The van der Waals surface area contributed by atoms with Crippen molar-refractivity contribution in [2.75, 3.05) is 5.32 Å². The molecule has 1 aromatic rings. The van der Waals surface area contributed by atoms with Gasteiger partial charge in [0.2, 0.25) is 0 Å². The lowest BCUT2D eigenvalue weighted by Gasteiger charge is -2.15. The summed E-state index contributed by atoms with van der Waals surface area (Å²) in [6, 6.07) is 2.68. The summed E-state index contributed by atoms with van der Waals surface area (Å²) in [7, 11) is 0. The molecule has 1 unspecified atom stereocenters. The van der Waals surface area contributed by atoms with Gasteiger partial charge in [0, 0.05) is 18.7 Å². The van der Waals surface area contributed by atoms with E-state index in [0.29, 0.717) is 6.04 Å². The molecule has 2 rings (SSSR count). The fraction of sp³-hybridized carbons (Fsp3) is 0.750. The first-order valence-electron chi connectivity index (χ1n) is 6.09. The van der Waals surface area contributed by atoms with Crippen LogP contribution in [0.1, 0.15) is 39.5 Å². The molecule has 0 aliphatic heterocycles. The first kappa shape index (κ1) is 10.5. The quantitative estimate of drug-likeness (QED) is 0.777. The lowest BCUT2D eigenvalue weighted by atomic mass is 10.2. The third-order valence-electron chi connectivity index (χ3n) is 3.14.